The average Bonchev–Trinajstić information content (AvgIpc) is 3.81. The molecular weight excluding hydrogens is 740 g/mol. The van der Waals surface area contributed by atoms with Gasteiger partial charge in [0.15, 0.2) is 0 Å². The number of halogens is 1. The summed E-state index contributed by atoms with van der Waals surface area (Å²) in [5.74, 6) is 2.07. The van der Waals surface area contributed by atoms with Gasteiger partial charge in [-0.25, -0.2) is 9.97 Å². The normalized spacial score (nSPS) is 12.9. The molecule has 1 radical (unpaired) electrons. The molecule has 2 aliphatic heterocycles. The second-order valence-electron chi connectivity index (χ2n) is 17.2. The minimum absolute atomic E-state index is 0. The summed E-state index contributed by atoms with van der Waals surface area (Å²) in [5, 5.41) is 4.12. The van der Waals surface area contributed by atoms with Crippen molar-refractivity contribution in [2.24, 2.45) is 0 Å². The fourth-order valence-corrected chi connectivity index (χ4v) is 7.21. The third kappa shape index (κ3) is 5.99. The Morgan fingerprint density at radius 2 is 0.741 bits per heavy atom. The van der Waals surface area contributed by atoms with Crippen LogP contribution < -0.4 is 9.97 Å². The van der Waals surface area contributed by atoms with E-state index in [1.165, 1.54) is 16.7 Å². The van der Waals surface area contributed by atoms with Crippen LogP contribution in [0.3, 0.4) is 0 Å². The molecule has 0 fully saturated rings. The first-order valence-corrected chi connectivity index (χ1v) is 18.3. The van der Waals surface area contributed by atoms with Gasteiger partial charge >= 0.3 is 17.1 Å². The van der Waals surface area contributed by atoms with Crippen LogP contribution in [-0.4, -0.2) is 29.9 Å². The van der Waals surface area contributed by atoms with Crippen LogP contribution in [0.4, 0.5) is 0 Å². The second kappa shape index (κ2) is 12.3. The molecule has 8 nitrogen and oxygen atoms in total. The molecule has 0 atom stereocenters. The Hall–Kier alpha value is -4.95. The van der Waals surface area contributed by atoms with E-state index >= 15 is 0 Å². The molecule has 0 N–H and O–H groups in total. The Labute approximate surface area is 329 Å². The van der Waals surface area contributed by atoms with Crippen molar-refractivity contribution in [3.8, 4) is 45.6 Å². The number of fused-ring (bicyclic) bond motifs is 20. The number of rotatable bonds is 0. The van der Waals surface area contributed by atoms with Crippen molar-refractivity contribution in [3.63, 3.8) is 0 Å². The van der Waals surface area contributed by atoms with Gasteiger partial charge in [-0.05, 0) is 84.8 Å². The molecule has 0 saturated heterocycles. The number of hydrogen-bond acceptors (Lipinski definition) is 6. The standard InChI is InChI=1S/C44H39ClN8.Cu/c1-42(2,3)22-10-14-26-30(18-22)38-46-34(26)48-39-32-20-24(44(7,8)9)12-16-28(32)36(50-39)52-41-33-21-25(45)13-17-29(33)37(53-41)51-40-31-19-23(43(4,5)6)11-15-27(31)35(47-38)49-40;/h10-21H,1-9H3;/q-2;+2. The number of hydrogen-bond donors (Lipinski definition) is 0. The quantitative estimate of drug-likeness (QED) is 0.140. The third-order valence-corrected chi connectivity index (χ3v) is 10.5. The first kappa shape index (κ1) is 36.0. The van der Waals surface area contributed by atoms with Gasteiger partial charge in [0.05, 0.1) is 23.3 Å². The Bertz CT molecular complexity index is 2850. The van der Waals surface area contributed by atoms with Crippen LogP contribution in [0.2, 0.25) is 5.02 Å². The van der Waals surface area contributed by atoms with Crippen LogP contribution in [0.5, 0.6) is 0 Å². The van der Waals surface area contributed by atoms with Gasteiger partial charge < -0.3 is 29.9 Å². The van der Waals surface area contributed by atoms with Crippen LogP contribution in [0.1, 0.15) is 79.0 Å². The fourth-order valence-electron chi connectivity index (χ4n) is 7.03. The van der Waals surface area contributed by atoms with Crippen LogP contribution >= 0.6 is 11.6 Å². The Morgan fingerprint density at radius 3 is 1.19 bits per heavy atom. The fraction of sp³-hybridized carbons (Fsp3) is 0.273. The van der Waals surface area contributed by atoms with Crippen LogP contribution in [0.25, 0.3) is 89.7 Å². The van der Waals surface area contributed by atoms with Gasteiger partial charge in [0, 0.05) is 49.9 Å². The van der Waals surface area contributed by atoms with E-state index in [0.29, 0.717) is 50.9 Å². The Kier molecular flexibility index (Phi) is 8.20. The maximum absolute atomic E-state index is 6.57. The number of aromatic nitrogens is 8. The van der Waals surface area contributed by atoms with Crippen molar-refractivity contribution in [2.45, 2.75) is 78.6 Å². The molecule has 3 aromatic heterocycles. The summed E-state index contributed by atoms with van der Waals surface area (Å²) in [4.78, 5) is 40.9. The molecule has 273 valence electrons. The molecule has 7 aromatic rings. The molecule has 8 bridgehead atoms. The Balaban J connectivity index is 0.00000413. The number of benzene rings is 4. The summed E-state index contributed by atoms with van der Waals surface area (Å²) < 4.78 is 0. The molecule has 0 saturated carbocycles. The summed E-state index contributed by atoms with van der Waals surface area (Å²) >= 11 is 6.57. The van der Waals surface area contributed by atoms with Gasteiger partial charge in [-0.2, -0.15) is 0 Å². The molecule has 54 heavy (non-hydrogen) atoms. The van der Waals surface area contributed by atoms with Crippen LogP contribution in [0.15, 0.2) is 72.8 Å². The van der Waals surface area contributed by atoms with Gasteiger partial charge in [-0.3, -0.25) is 0 Å². The van der Waals surface area contributed by atoms with Crippen molar-refractivity contribution in [3.05, 3.63) is 94.5 Å². The third-order valence-electron chi connectivity index (χ3n) is 10.3. The van der Waals surface area contributed by atoms with Crippen molar-refractivity contribution in [1.82, 2.24) is 39.9 Å². The molecule has 4 aromatic carbocycles. The van der Waals surface area contributed by atoms with E-state index in [1.807, 2.05) is 18.2 Å². The zero-order valence-electron chi connectivity index (χ0n) is 31.7. The van der Waals surface area contributed by atoms with Crippen molar-refractivity contribution >= 4 is 55.7 Å². The molecule has 2 aliphatic rings. The van der Waals surface area contributed by atoms with Gasteiger partial charge in [-0.1, -0.05) is 116 Å². The topological polar surface area (TPSA) is 106 Å². The molecule has 10 heteroatoms. The van der Waals surface area contributed by atoms with E-state index in [4.69, 9.17) is 51.5 Å². The molecule has 0 spiro atoms. The molecule has 9 rings (SSSR count). The van der Waals surface area contributed by atoms with E-state index in [9.17, 15) is 0 Å². The van der Waals surface area contributed by atoms with Gasteiger partial charge in [0.1, 0.15) is 0 Å². The second-order valence-corrected chi connectivity index (χ2v) is 17.6. The van der Waals surface area contributed by atoms with Gasteiger partial charge in [0.25, 0.3) is 0 Å². The Morgan fingerprint density at radius 1 is 0.389 bits per heavy atom. The molecular formula is C44H39ClCuN8. The minimum atomic E-state index is -0.0891. The van der Waals surface area contributed by atoms with Crippen LogP contribution in [-0.2, 0) is 33.3 Å². The molecule has 0 aliphatic carbocycles. The van der Waals surface area contributed by atoms with E-state index in [2.05, 4.69) is 117 Å². The monoisotopic (exact) mass is 777 g/mol. The van der Waals surface area contributed by atoms with Crippen LogP contribution in [0, 0.1) is 0 Å². The SMILES string of the molecule is CC(C)(C)c1ccc2c(c1)-c1nc-2nc2[n-]c(nc3nc(nc4[n-]c(n1)c1ccc(C(C)(C)C)cc41)-c1ccc(Cl)cc1-3)c1ccc(C(C)(C)C)cc21.[Cu+2]. The molecule has 0 unspecified atom stereocenters. The van der Waals surface area contributed by atoms with E-state index in [0.717, 1.165) is 43.8 Å². The van der Waals surface area contributed by atoms with Crippen molar-refractivity contribution in [2.75, 3.05) is 0 Å². The smallest absolute Gasteiger partial charge is 0.357 e. The zero-order valence-corrected chi connectivity index (χ0v) is 33.4. The van der Waals surface area contributed by atoms with E-state index < -0.39 is 0 Å². The largest absolute Gasteiger partial charge is 2.00 e. The molecule has 0 amide bonds. The summed E-state index contributed by atoms with van der Waals surface area (Å²) in [7, 11) is 0. The van der Waals surface area contributed by atoms with Gasteiger partial charge in [0.2, 0.25) is 0 Å². The predicted octanol–water partition coefficient (Wildman–Crippen LogP) is 10.7. The first-order chi connectivity index (χ1) is 25.0. The summed E-state index contributed by atoms with van der Waals surface area (Å²) in [6.45, 7) is 19.8. The predicted molar refractivity (Wildman–Crippen MR) is 215 cm³/mol. The van der Waals surface area contributed by atoms with Crippen molar-refractivity contribution in [1.29, 1.82) is 0 Å². The molecule has 5 heterocycles. The van der Waals surface area contributed by atoms with Gasteiger partial charge in [-0.15, -0.1) is 0 Å². The van der Waals surface area contributed by atoms with E-state index in [-0.39, 0.29) is 33.3 Å². The number of nitrogens with zero attached hydrogens (tertiary/aromatic N) is 8. The maximum atomic E-state index is 6.57. The zero-order chi connectivity index (χ0) is 37.2. The average molecular weight is 779 g/mol. The maximum Gasteiger partial charge on any atom is 2.00 e. The summed E-state index contributed by atoms with van der Waals surface area (Å²) in [6, 6.07) is 24.9. The first-order valence-electron chi connectivity index (χ1n) is 18.0. The minimum Gasteiger partial charge on any atom is -0.357 e. The van der Waals surface area contributed by atoms with E-state index in [1.54, 1.807) is 0 Å². The van der Waals surface area contributed by atoms with Crippen molar-refractivity contribution < 1.29 is 17.1 Å². The summed E-state index contributed by atoms with van der Waals surface area (Å²) in [5.41, 5.74) is 8.76. The summed E-state index contributed by atoms with van der Waals surface area (Å²) in [6.07, 6.45) is 0.